The molecule has 1 aliphatic carbocycles. The van der Waals surface area contributed by atoms with E-state index in [0.29, 0.717) is 28.3 Å². The number of carbonyl (C=O) groups excluding carboxylic acids is 3. The van der Waals surface area contributed by atoms with Gasteiger partial charge in [-0.1, -0.05) is 30.3 Å². The maximum Gasteiger partial charge on any atom is 0.336 e. The maximum atomic E-state index is 14.3. The number of esters is 2. The number of rotatable bonds is 8. The Balaban J connectivity index is 1.94. The second kappa shape index (κ2) is 11.5. The van der Waals surface area contributed by atoms with Crippen molar-refractivity contribution in [3.8, 4) is 5.75 Å². The number of nitro groups is 1. The molecular formula is C29H30N2O8. The average Bonchev–Trinajstić information content (AvgIpc) is 2.92. The topological polar surface area (TPSA) is 134 Å². The number of hydrogen-bond donors (Lipinski definition) is 1. The molecule has 0 amide bonds. The van der Waals surface area contributed by atoms with Gasteiger partial charge in [0.05, 0.1) is 30.8 Å². The predicted octanol–water partition coefficient (Wildman–Crippen LogP) is 4.32. The van der Waals surface area contributed by atoms with Gasteiger partial charge >= 0.3 is 11.9 Å². The highest BCUT2D eigenvalue weighted by molar-refractivity contribution is 6.13. The third-order valence-electron chi connectivity index (χ3n) is 7.01. The fourth-order valence-electron chi connectivity index (χ4n) is 5.43. The molecule has 2 aliphatic rings. The Labute approximate surface area is 225 Å². The summed E-state index contributed by atoms with van der Waals surface area (Å²) in [7, 11) is 1.52. The van der Waals surface area contributed by atoms with Gasteiger partial charge in [-0.15, -0.1) is 0 Å². The standard InChI is InChI=1S/C29H30N2O8/c1-5-38-28(33)23-16(3)30-21-15-20(19-12-7-8-13-22(19)37-4)25(29(34)39-6-2)27(32)26(21)24(23)17-10-9-11-18(14-17)31(35)36/h7-14,20,24-25,30H,5-6,15H2,1-4H3/t20-,24+,25-/m0/s1. The van der Waals surface area contributed by atoms with Crippen LogP contribution in [0.3, 0.4) is 0 Å². The number of benzene rings is 2. The molecule has 1 heterocycles. The van der Waals surface area contributed by atoms with Gasteiger partial charge in [-0.25, -0.2) is 4.79 Å². The van der Waals surface area contributed by atoms with E-state index in [1.807, 2.05) is 6.07 Å². The normalized spacial score (nSPS) is 20.6. The Morgan fingerprint density at radius 2 is 1.79 bits per heavy atom. The SMILES string of the molecule is CCOC(=O)C1=C(C)NC2=C(C(=O)[C@@H](C(=O)OCC)[C@H](c3ccccc3OC)C2)[C@@H]1c1cccc([N+](=O)[O-])c1. The summed E-state index contributed by atoms with van der Waals surface area (Å²) in [4.78, 5) is 51.9. The van der Waals surface area contributed by atoms with Crippen molar-refractivity contribution < 1.29 is 33.5 Å². The van der Waals surface area contributed by atoms with Gasteiger partial charge in [0.25, 0.3) is 5.69 Å². The molecule has 2 aromatic rings. The summed E-state index contributed by atoms with van der Waals surface area (Å²) in [6.45, 7) is 5.19. The van der Waals surface area contributed by atoms with E-state index in [2.05, 4.69) is 5.32 Å². The Bertz CT molecular complexity index is 1390. The number of methoxy groups -OCH3 is 1. The second-order valence-corrected chi connectivity index (χ2v) is 9.21. The fourth-order valence-corrected chi connectivity index (χ4v) is 5.43. The van der Waals surface area contributed by atoms with Gasteiger partial charge in [-0.2, -0.15) is 0 Å². The van der Waals surface area contributed by atoms with Crippen molar-refractivity contribution in [1.82, 2.24) is 5.32 Å². The lowest BCUT2D eigenvalue weighted by Gasteiger charge is -2.39. The van der Waals surface area contributed by atoms with Crippen molar-refractivity contribution in [2.24, 2.45) is 5.92 Å². The summed E-state index contributed by atoms with van der Waals surface area (Å²) in [5.41, 5.74) is 2.18. The summed E-state index contributed by atoms with van der Waals surface area (Å²) in [6, 6.07) is 13.0. The van der Waals surface area contributed by atoms with E-state index in [1.165, 1.54) is 25.3 Å². The number of nitro benzene ring substituents is 1. The van der Waals surface area contributed by atoms with Crippen LogP contribution in [0.4, 0.5) is 5.69 Å². The Morgan fingerprint density at radius 1 is 1.08 bits per heavy atom. The van der Waals surface area contributed by atoms with Crippen LogP contribution < -0.4 is 10.1 Å². The van der Waals surface area contributed by atoms with Crippen LogP contribution in [0.5, 0.6) is 5.75 Å². The first kappa shape index (κ1) is 27.6. The van der Waals surface area contributed by atoms with Gasteiger partial charge < -0.3 is 19.5 Å². The number of allylic oxidation sites excluding steroid dienone is 3. The number of Topliss-reactive ketones (excluding diaryl/α,β-unsaturated/α-hetero) is 1. The molecule has 1 aliphatic heterocycles. The minimum atomic E-state index is -1.22. The minimum Gasteiger partial charge on any atom is -0.496 e. The van der Waals surface area contributed by atoms with E-state index >= 15 is 0 Å². The van der Waals surface area contributed by atoms with E-state index in [1.54, 1.807) is 45.0 Å². The van der Waals surface area contributed by atoms with Crippen molar-refractivity contribution in [3.63, 3.8) is 0 Å². The summed E-state index contributed by atoms with van der Waals surface area (Å²) in [6.07, 6.45) is 0.240. The second-order valence-electron chi connectivity index (χ2n) is 9.21. The number of non-ortho nitro benzene ring substituents is 1. The van der Waals surface area contributed by atoms with Crippen LogP contribution in [-0.2, 0) is 23.9 Å². The van der Waals surface area contributed by atoms with E-state index in [4.69, 9.17) is 14.2 Å². The highest BCUT2D eigenvalue weighted by Crippen LogP contribution is 2.49. The number of nitrogens with one attached hydrogen (secondary N) is 1. The summed E-state index contributed by atoms with van der Waals surface area (Å²) in [5.74, 6) is -4.15. The van der Waals surface area contributed by atoms with Crippen molar-refractivity contribution in [2.45, 2.75) is 39.0 Å². The molecule has 0 fully saturated rings. The Kier molecular flexibility index (Phi) is 8.13. The quantitative estimate of drug-likeness (QED) is 0.227. The summed E-state index contributed by atoms with van der Waals surface area (Å²) >= 11 is 0. The van der Waals surface area contributed by atoms with Crippen molar-refractivity contribution in [1.29, 1.82) is 0 Å². The van der Waals surface area contributed by atoms with Crippen LogP contribution in [0.2, 0.25) is 0 Å². The summed E-state index contributed by atoms with van der Waals surface area (Å²) < 4.78 is 16.2. The molecule has 0 bridgehead atoms. The number of carbonyl (C=O) groups is 3. The van der Waals surface area contributed by atoms with Crippen LogP contribution >= 0.6 is 0 Å². The Morgan fingerprint density at radius 3 is 2.46 bits per heavy atom. The van der Waals surface area contributed by atoms with E-state index in [0.717, 1.165) is 0 Å². The highest BCUT2D eigenvalue weighted by atomic mass is 16.6. The first-order valence-electron chi connectivity index (χ1n) is 12.7. The fraction of sp³-hybridized carbons (Fsp3) is 0.345. The zero-order chi connectivity index (χ0) is 28.3. The lowest BCUT2D eigenvalue weighted by Crippen LogP contribution is -2.43. The smallest absolute Gasteiger partial charge is 0.336 e. The summed E-state index contributed by atoms with van der Waals surface area (Å²) in [5, 5.41) is 14.8. The molecule has 10 heteroatoms. The predicted molar refractivity (Wildman–Crippen MR) is 141 cm³/mol. The largest absolute Gasteiger partial charge is 0.496 e. The van der Waals surface area contributed by atoms with Crippen molar-refractivity contribution in [3.05, 3.63) is 92.3 Å². The molecule has 0 saturated carbocycles. The number of ether oxygens (including phenoxy) is 3. The van der Waals surface area contributed by atoms with Crippen LogP contribution in [0, 0.1) is 16.0 Å². The first-order chi connectivity index (χ1) is 18.7. The molecular weight excluding hydrogens is 504 g/mol. The Hall–Kier alpha value is -4.47. The van der Waals surface area contributed by atoms with Gasteiger partial charge in [-0.05, 0) is 44.4 Å². The van der Waals surface area contributed by atoms with E-state index in [9.17, 15) is 24.5 Å². The third kappa shape index (κ3) is 5.14. The molecule has 4 rings (SSSR count). The maximum absolute atomic E-state index is 14.3. The van der Waals surface area contributed by atoms with Crippen LogP contribution in [-0.4, -0.2) is 43.0 Å². The van der Waals surface area contributed by atoms with Gasteiger partial charge in [0.1, 0.15) is 11.7 Å². The number of dihydropyridines is 1. The van der Waals surface area contributed by atoms with E-state index in [-0.39, 0.29) is 36.5 Å². The van der Waals surface area contributed by atoms with Gasteiger partial charge in [0.15, 0.2) is 5.78 Å². The molecule has 0 saturated heterocycles. The number of hydrogen-bond acceptors (Lipinski definition) is 9. The molecule has 1 N–H and O–H groups in total. The third-order valence-corrected chi connectivity index (χ3v) is 7.01. The molecule has 0 spiro atoms. The molecule has 3 atom stereocenters. The molecule has 0 unspecified atom stereocenters. The van der Waals surface area contributed by atoms with Crippen LogP contribution in [0.25, 0.3) is 0 Å². The van der Waals surface area contributed by atoms with Gasteiger partial charge in [0.2, 0.25) is 0 Å². The highest BCUT2D eigenvalue weighted by Gasteiger charge is 2.49. The molecule has 204 valence electrons. The zero-order valence-electron chi connectivity index (χ0n) is 22.2. The molecule has 0 radical (unpaired) electrons. The minimum absolute atomic E-state index is 0.0762. The zero-order valence-corrected chi connectivity index (χ0v) is 22.2. The molecule has 39 heavy (non-hydrogen) atoms. The first-order valence-corrected chi connectivity index (χ1v) is 12.7. The van der Waals surface area contributed by atoms with Crippen molar-refractivity contribution >= 4 is 23.4 Å². The molecule has 2 aromatic carbocycles. The lowest BCUT2D eigenvalue weighted by molar-refractivity contribution is -0.384. The van der Waals surface area contributed by atoms with Gasteiger partial charge in [-0.3, -0.25) is 19.7 Å². The number of para-hydroxylation sites is 1. The van der Waals surface area contributed by atoms with Crippen LogP contribution in [0.15, 0.2) is 71.1 Å². The lowest BCUT2D eigenvalue weighted by atomic mass is 9.67. The number of nitrogens with zero attached hydrogens (tertiary/aromatic N) is 1. The molecule has 0 aromatic heterocycles. The van der Waals surface area contributed by atoms with Gasteiger partial charge in [0, 0.05) is 40.9 Å². The van der Waals surface area contributed by atoms with Crippen LogP contribution in [0.1, 0.15) is 50.2 Å². The molecule has 10 nitrogen and oxygen atoms in total. The van der Waals surface area contributed by atoms with E-state index < -0.39 is 40.4 Å². The average molecular weight is 535 g/mol. The van der Waals surface area contributed by atoms with Crippen molar-refractivity contribution in [2.75, 3.05) is 20.3 Å². The number of ketones is 1. The monoisotopic (exact) mass is 534 g/mol.